The van der Waals surface area contributed by atoms with Crippen molar-refractivity contribution >= 4 is 33.2 Å². The van der Waals surface area contributed by atoms with Gasteiger partial charge in [-0.1, -0.05) is 40.6 Å². The van der Waals surface area contributed by atoms with Crippen LogP contribution in [0.25, 0.3) is 0 Å². The summed E-state index contributed by atoms with van der Waals surface area (Å²) < 4.78 is 27.7. The zero-order valence-electron chi connectivity index (χ0n) is 11.8. The standard InChI is InChI=1S/C13H13Cl2N5O2S/c14-10-5-2-6-11(12(10)15)23(21,22)18-9-4-1-3-8(7-9)13-16-19-20-17-13/h1-2,4-5,7-8,11,18H,3,6H2,(H,16,17,19,20). The summed E-state index contributed by atoms with van der Waals surface area (Å²) >= 11 is 12.0. The van der Waals surface area contributed by atoms with Crippen molar-refractivity contribution < 1.29 is 8.42 Å². The van der Waals surface area contributed by atoms with Gasteiger partial charge in [-0.15, -0.1) is 10.2 Å². The van der Waals surface area contributed by atoms with E-state index in [1.54, 1.807) is 24.3 Å². The molecular formula is C13H13Cl2N5O2S. The lowest BCUT2D eigenvalue weighted by Crippen LogP contribution is -2.35. The van der Waals surface area contributed by atoms with E-state index in [1.807, 2.05) is 6.08 Å². The van der Waals surface area contributed by atoms with Crippen molar-refractivity contribution in [1.29, 1.82) is 0 Å². The summed E-state index contributed by atoms with van der Waals surface area (Å²) in [5, 5.41) is 13.2. The second-order valence-corrected chi connectivity index (χ2v) is 7.78. The van der Waals surface area contributed by atoms with Gasteiger partial charge in [-0.25, -0.2) is 8.42 Å². The first-order chi connectivity index (χ1) is 11.0. The molecule has 0 fully saturated rings. The lowest BCUT2D eigenvalue weighted by molar-refractivity contribution is 0.579. The molecule has 2 N–H and O–H groups in total. The third kappa shape index (κ3) is 3.49. The number of sulfonamides is 1. The monoisotopic (exact) mass is 373 g/mol. The van der Waals surface area contributed by atoms with Gasteiger partial charge in [-0.05, 0) is 31.1 Å². The lowest BCUT2D eigenvalue weighted by atomic mass is 9.99. The number of rotatable bonds is 4. The van der Waals surface area contributed by atoms with E-state index in [9.17, 15) is 8.42 Å². The Morgan fingerprint density at radius 3 is 2.74 bits per heavy atom. The fourth-order valence-corrected chi connectivity index (χ4v) is 4.55. The van der Waals surface area contributed by atoms with E-state index >= 15 is 0 Å². The summed E-state index contributed by atoms with van der Waals surface area (Å²) in [6.07, 6.45) is 9.53. The second kappa shape index (κ2) is 6.46. The predicted molar refractivity (Wildman–Crippen MR) is 87.1 cm³/mol. The highest BCUT2D eigenvalue weighted by atomic mass is 35.5. The molecule has 0 saturated heterocycles. The molecule has 0 spiro atoms. The summed E-state index contributed by atoms with van der Waals surface area (Å²) in [6.45, 7) is 0. The van der Waals surface area contributed by atoms with Crippen molar-refractivity contribution in [2.45, 2.75) is 24.0 Å². The number of nitrogens with zero attached hydrogens (tertiary/aromatic N) is 3. The highest BCUT2D eigenvalue weighted by Gasteiger charge is 2.31. The smallest absolute Gasteiger partial charge is 0.241 e. The van der Waals surface area contributed by atoms with E-state index < -0.39 is 15.3 Å². The maximum atomic E-state index is 12.6. The van der Waals surface area contributed by atoms with E-state index in [-0.39, 0.29) is 22.4 Å². The van der Waals surface area contributed by atoms with Crippen LogP contribution < -0.4 is 4.72 Å². The third-order valence-corrected chi connectivity index (χ3v) is 6.24. The number of hydrogen-bond acceptors (Lipinski definition) is 5. The average molecular weight is 374 g/mol. The molecule has 0 saturated carbocycles. The van der Waals surface area contributed by atoms with E-state index in [1.165, 1.54) is 0 Å². The molecule has 122 valence electrons. The number of nitrogens with one attached hydrogen (secondary N) is 2. The minimum atomic E-state index is -3.72. The molecule has 0 bridgehead atoms. The summed E-state index contributed by atoms with van der Waals surface area (Å²) in [4.78, 5) is 0. The molecule has 0 radical (unpaired) electrons. The lowest BCUT2D eigenvalue weighted by Gasteiger charge is -2.22. The molecule has 10 heteroatoms. The highest BCUT2D eigenvalue weighted by Crippen LogP contribution is 2.31. The number of allylic oxidation sites excluding steroid dienone is 6. The Labute approximate surface area is 143 Å². The van der Waals surface area contributed by atoms with Gasteiger partial charge in [-0.2, -0.15) is 5.21 Å². The van der Waals surface area contributed by atoms with Gasteiger partial charge in [0.1, 0.15) is 5.25 Å². The maximum Gasteiger partial charge on any atom is 0.241 e. The molecule has 2 aliphatic carbocycles. The predicted octanol–water partition coefficient (Wildman–Crippen LogP) is 2.06. The van der Waals surface area contributed by atoms with Crippen molar-refractivity contribution in [3.63, 3.8) is 0 Å². The minimum Gasteiger partial charge on any atom is -0.283 e. The second-order valence-electron chi connectivity index (χ2n) is 5.11. The van der Waals surface area contributed by atoms with Crippen LogP contribution in [0.4, 0.5) is 0 Å². The summed E-state index contributed by atoms with van der Waals surface area (Å²) in [7, 11) is -3.72. The van der Waals surface area contributed by atoms with Crippen LogP contribution in [0.3, 0.4) is 0 Å². The van der Waals surface area contributed by atoms with Crippen molar-refractivity contribution in [2.75, 3.05) is 0 Å². The van der Waals surface area contributed by atoms with Gasteiger partial charge in [0.25, 0.3) is 0 Å². The van der Waals surface area contributed by atoms with Crippen LogP contribution in [-0.2, 0) is 10.0 Å². The van der Waals surface area contributed by atoms with Crippen LogP contribution in [0.2, 0.25) is 0 Å². The summed E-state index contributed by atoms with van der Waals surface area (Å²) in [5.74, 6) is 0.366. The number of aromatic nitrogens is 4. The Bertz CT molecular complexity index is 811. The Balaban J connectivity index is 1.80. The van der Waals surface area contributed by atoms with E-state index in [2.05, 4.69) is 25.3 Å². The van der Waals surface area contributed by atoms with Crippen molar-refractivity contribution in [2.24, 2.45) is 0 Å². The largest absolute Gasteiger partial charge is 0.283 e. The molecule has 7 nitrogen and oxygen atoms in total. The van der Waals surface area contributed by atoms with E-state index in [0.29, 0.717) is 17.9 Å². The SMILES string of the molecule is O=S(=O)(NC1=CC(c2nn[nH]n2)CC=C1)C1CC=CC(Cl)=C1Cl. The number of tetrazole rings is 1. The summed E-state index contributed by atoms with van der Waals surface area (Å²) in [6, 6.07) is 0. The molecule has 1 aromatic heterocycles. The molecule has 2 aliphatic rings. The fraction of sp³-hybridized carbons (Fsp3) is 0.308. The normalized spacial score (nSPS) is 24.7. The van der Waals surface area contributed by atoms with Crippen molar-refractivity contribution in [3.05, 3.63) is 52.0 Å². The molecular weight excluding hydrogens is 361 g/mol. The van der Waals surface area contributed by atoms with Crippen molar-refractivity contribution in [1.82, 2.24) is 25.3 Å². The van der Waals surface area contributed by atoms with Gasteiger partial charge >= 0.3 is 0 Å². The maximum absolute atomic E-state index is 12.6. The third-order valence-electron chi connectivity index (χ3n) is 3.52. The minimum absolute atomic E-state index is 0.122. The van der Waals surface area contributed by atoms with Gasteiger partial charge in [0.15, 0.2) is 5.82 Å². The first-order valence-corrected chi connectivity index (χ1v) is 9.12. The first kappa shape index (κ1) is 16.2. The molecule has 2 unspecified atom stereocenters. The number of hydrogen-bond donors (Lipinski definition) is 2. The molecule has 2 atom stereocenters. The Kier molecular flexibility index (Phi) is 4.56. The molecule has 0 amide bonds. The van der Waals surface area contributed by atoms with Crippen LogP contribution in [0.5, 0.6) is 0 Å². The topological polar surface area (TPSA) is 101 Å². The van der Waals surface area contributed by atoms with Crippen LogP contribution in [0.1, 0.15) is 24.6 Å². The molecule has 1 aromatic rings. The average Bonchev–Trinajstić information content (AvgIpc) is 3.04. The fourth-order valence-electron chi connectivity index (χ4n) is 2.39. The summed E-state index contributed by atoms with van der Waals surface area (Å²) in [5.41, 5.74) is 0.446. The van der Waals surface area contributed by atoms with Crippen molar-refractivity contribution in [3.8, 4) is 0 Å². The molecule has 23 heavy (non-hydrogen) atoms. The highest BCUT2D eigenvalue weighted by molar-refractivity contribution is 7.90. The Morgan fingerprint density at radius 1 is 1.22 bits per heavy atom. The quantitative estimate of drug-likeness (QED) is 0.840. The molecule has 0 aliphatic heterocycles. The number of aromatic amines is 1. The first-order valence-electron chi connectivity index (χ1n) is 6.82. The van der Waals surface area contributed by atoms with E-state index in [4.69, 9.17) is 23.2 Å². The van der Waals surface area contributed by atoms with Crippen LogP contribution >= 0.6 is 23.2 Å². The van der Waals surface area contributed by atoms with Gasteiger partial charge < -0.3 is 0 Å². The molecule has 0 aromatic carbocycles. The van der Waals surface area contributed by atoms with Gasteiger partial charge in [0.2, 0.25) is 10.0 Å². The zero-order chi connectivity index (χ0) is 16.4. The van der Waals surface area contributed by atoms with Gasteiger partial charge in [0, 0.05) is 11.6 Å². The number of H-pyrrole nitrogens is 1. The molecule has 3 rings (SSSR count). The van der Waals surface area contributed by atoms with E-state index in [0.717, 1.165) is 0 Å². The Hall–Kier alpha value is -1.64. The van der Waals surface area contributed by atoms with Crippen LogP contribution in [-0.4, -0.2) is 34.3 Å². The Morgan fingerprint density at radius 2 is 2.00 bits per heavy atom. The van der Waals surface area contributed by atoms with Gasteiger partial charge in [-0.3, -0.25) is 4.72 Å². The van der Waals surface area contributed by atoms with Crippen LogP contribution in [0, 0.1) is 0 Å². The zero-order valence-corrected chi connectivity index (χ0v) is 14.1. The number of halogens is 2. The van der Waals surface area contributed by atoms with Crippen LogP contribution in [0.15, 0.2) is 46.1 Å². The molecule has 1 heterocycles. The van der Waals surface area contributed by atoms with Gasteiger partial charge in [0.05, 0.1) is 10.1 Å².